The summed E-state index contributed by atoms with van der Waals surface area (Å²) in [5, 5.41) is 3.23. The number of aliphatic imine (C=N–C) groups is 1. The van der Waals surface area contributed by atoms with Gasteiger partial charge in [-0.05, 0) is 25.2 Å². The maximum Gasteiger partial charge on any atom is 0.411 e. The number of alkyl halides is 3. The zero-order valence-corrected chi connectivity index (χ0v) is 13.1. The molecular weight excluding hydrogens is 283 g/mol. The molecule has 124 valence electrons. The molecule has 1 rings (SSSR count). The Kier molecular flexibility index (Phi) is 6.77. The molecule has 0 aliphatic carbocycles. The molecule has 0 aromatic rings. The van der Waals surface area contributed by atoms with E-state index in [-0.39, 0.29) is 12.0 Å². The fourth-order valence-corrected chi connectivity index (χ4v) is 2.26. The smallest absolute Gasteiger partial charge is 0.372 e. The van der Waals surface area contributed by atoms with Crippen molar-refractivity contribution in [3.63, 3.8) is 0 Å². The van der Waals surface area contributed by atoms with Gasteiger partial charge < -0.3 is 15.0 Å². The van der Waals surface area contributed by atoms with E-state index in [0.717, 1.165) is 32.0 Å². The van der Waals surface area contributed by atoms with Gasteiger partial charge in [0.05, 0.1) is 0 Å². The third-order valence-electron chi connectivity index (χ3n) is 3.29. The van der Waals surface area contributed by atoms with E-state index in [0.29, 0.717) is 13.0 Å². The first-order valence-electron chi connectivity index (χ1n) is 7.41. The molecule has 1 aliphatic heterocycles. The monoisotopic (exact) mass is 309 g/mol. The highest BCUT2D eigenvalue weighted by Gasteiger charge is 2.30. The molecule has 0 saturated carbocycles. The number of guanidine groups is 1. The predicted molar refractivity (Wildman–Crippen MR) is 77.4 cm³/mol. The highest BCUT2D eigenvalue weighted by Crippen LogP contribution is 2.28. The van der Waals surface area contributed by atoms with Gasteiger partial charge in [0.25, 0.3) is 0 Å². The molecule has 1 heterocycles. The fraction of sp³-hybridized carbons (Fsp3) is 0.929. The molecule has 0 atom stereocenters. The van der Waals surface area contributed by atoms with Gasteiger partial charge in [-0.1, -0.05) is 13.8 Å². The van der Waals surface area contributed by atoms with E-state index in [4.69, 9.17) is 0 Å². The molecule has 0 aromatic heterocycles. The second kappa shape index (κ2) is 7.87. The molecule has 0 aromatic carbocycles. The first-order valence-corrected chi connectivity index (χ1v) is 7.41. The molecule has 1 saturated heterocycles. The van der Waals surface area contributed by atoms with Crippen molar-refractivity contribution in [1.29, 1.82) is 0 Å². The van der Waals surface area contributed by atoms with Gasteiger partial charge in [-0.2, -0.15) is 13.2 Å². The summed E-state index contributed by atoms with van der Waals surface area (Å²) in [6.07, 6.45) is -2.65. The molecule has 1 fully saturated rings. The first kappa shape index (κ1) is 18.1. The van der Waals surface area contributed by atoms with Crippen LogP contribution >= 0.6 is 0 Å². The van der Waals surface area contributed by atoms with E-state index in [2.05, 4.69) is 33.8 Å². The molecule has 21 heavy (non-hydrogen) atoms. The molecule has 0 amide bonds. The van der Waals surface area contributed by atoms with Crippen molar-refractivity contribution in [2.45, 2.75) is 39.8 Å². The molecule has 1 aliphatic rings. The maximum atomic E-state index is 11.9. The van der Waals surface area contributed by atoms with Gasteiger partial charge in [-0.3, -0.25) is 4.99 Å². The minimum Gasteiger partial charge on any atom is -0.372 e. The van der Waals surface area contributed by atoms with Crippen LogP contribution in [-0.4, -0.2) is 56.4 Å². The normalized spacial score (nSPS) is 19.1. The molecule has 0 bridgehead atoms. The lowest BCUT2D eigenvalue weighted by Crippen LogP contribution is -2.40. The van der Waals surface area contributed by atoms with E-state index in [1.165, 1.54) is 0 Å². The summed E-state index contributed by atoms with van der Waals surface area (Å²) < 4.78 is 40.3. The van der Waals surface area contributed by atoms with E-state index in [1.54, 1.807) is 0 Å². The van der Waals surface area contributed by atoms with Crippen molar-refractivity contribution in [2.75, 3.05) is 39.4 Å². The number of rotatable bonds is 6. The van der Waals surface area contributed by atoms with E-state index < -0.39 is 12.8 Å². The second-order valence-corrected chi connectivity index (χ2v) is 6.09. The van der Waals surface area contributed by atoms with Gasteiger partial charge in [0, 0.05) is 32.8 Å². The minimum atomic E-state index is -4.25. The van der Waals surface area contributed by atoms with Crippen LogP contribution in [0.2, 0.25) is 0 Å². The van der Waals surface area contributed by atoms with Gasteiger partial charge in [0.15, 0.2) is 5.96 Å². The van der Waals surface area contributed by atoms with Gasteiger partial charge in [-0.25, -0.2) is 0 Å². The average molecular weight is 309 g/mol. The maximum absolute atomic E-state index is 11.9. The Hall–Kier alpha value is -0.980. The number of nitrogens with one attached hydrogen (secondary N) is 1. The van der Waals surface area contributed by atoms with Crippen molar-refractivity contribution in [3.8, 4) is 0 Å². The summed E-state index contributed by atoms with van der Waals surface area (Å²) in [7, 11) is 0. The van der Waals surface area contributed by atoms with Gasteiger partial charge in [-0.15, -0.1) is 0 Å². The van der Waals surface area contributed by atoms with Crippen LogP contribution in [0.1, 0.15) is 33.6 Å². The summed E-state index contributed by atoms with van der Waals surface area (Å²) in [6.45, 7) is 8.50. The molecule has 1 N–H and O–H groups in total. The van der Waals surface area contributed by atoms with Crippen LogP contribution in [0.5, 0.6) is 0 Å². The lowest BCUT2D eigenvalue weighted by atomic mass is 9.93. The zero-order valence-electron chi connectivity index (χ0n) is 13.1. The fourth-order valence-electron chi connectivity index (χ4n) is 2.26. The lowest BCUT2D eigenvalue weighted by Gasteiger charge is -2.23. The average Bonchev–Trinajstić information content (AvgIpc) is 2.71. The first-order chi connectivity index (χ1) is 9.73. The van der Waals surface area contributed by atoms with Crippen LogP contribution in [-0.2, 0) is 4.74 Å². The standard InChI is InChI=1S/C14H26F3N3O/c1-4-18-12(20-8-6-13(2,3)10-20)19-7-5-9-21-11-14(15,16)17/h4-11H2,1-3H3,(H,18,19). The Balaban J connectivity index is 2.32. The molecular formula is C14H26F3N3O. The summed E-state index contributed by atoms with van der Waals surface area (Å²) in [4.78, 5) is 6.67. The van der Waals surface area contributed by atoms with Crippen molar-refractivity contribution in [3.05, 3.63) is 0 Å². The number of hydrogen-bond donors (Lipinski definition) is 1. The summed E-state index contributed by atoms with van der Waals surface area (Å²) in [6, 6.07) is 0. The zero-order chi connectivity index (χ0) is 15.9. The molecule has 7 heteroatoms. The van der Waals surface area contributed by atoms with Crippen molar-refractivity contribution in [2.24, 2.45) is 10.4 Å². The summed E-state index contributed by atoms with van der Waals surface area (Å²) >= 11 is 0. The molecule has 4 nitrogen and oxygen atoms in total. The minimum absolute atomic E-state index is 0.0773. The van der Waals surface area contributed by atoms with Crippen molar-refractivity contribution >= 4 is 5.96 Å². The Morgan fingerprint density at radius 1 is 1.38 bits per heavy atom. The largest absolute Gasteiger partial charge is 0.411 e. The number of nitrogens with zero attached hydrogens (tertiary/aromatic N) is 2. The Bertz CT molecular complexity index is 343. The van der Waals surface area contributed by atoms with Crippen LogP contribution in [0.3, 0.4) is 0 Å². The number of hydrogen-bond acceptors (Lipinski definition) is 2. The quantitative estimate of drug-likeness (QED) is 0.465. The van der Waals surface area contributed by atoms with Gasteiger partial charge >= 0.3 is 6.18 Å². The molecule has 0 radical (unpaired) electrons. The Morgan fingerprint density at radius 2 is 2.10 bits per heavy atom. The third-order valence-corrected chi connectivity index (χ3v) is 3.29. The Morgan fingerprint density at radius 3 is 2.62 bits per heavy atom. The number of halogens is 3. The predicted octanol–water partition coefficient (Wildman–Crippen LogP) is 2.65. The van der Waals surface area contributed by atoms with Crippen LogP contribution in [0.25, 0.3) is 0 Å². The van der Waals surface area contributed by atoms with Crippen molar-refractivity contribution in [1.82, 2.24) is 10.2 Å². The summed E-state index contributed by atoms with van der Waals surface area (Å²) in [5.41, 5.74) is 0.284. The lowest BCUT2D eigenvalue weighted by molar-refractivity contribution is -0.173. The van der Waals surface area contributed by atoms with Crippen LogP contribution in [0, 0.1) is 5.41 Å². The molecule has 0 unspecified atom stereocenters. The second-order valence-electron chi connectivity index (χ2n) is 6.09. The topological polar surface area (TPSA) is 36.9 Å². The summed E-state index contributed by atoms with van der Waals surface area (Å²) in [5.74, 6) is 0.846. The highest BCUT2D eigenvalue weighted by molar-refractivity contribution is 5.80. The van der Waals surface area contributed by atoms with Crippen molar-refractivity contribution < 1.29 is 17.9 Å². The number of likely N-dealkylation sites (tertiary alicyclic amines) is 1. The third kappa shape index (κ3) is 7.55. The molecule has 0 spiro atoms. The van der Waals surface area contributed by atoms with E-state index in [1.807, 2.05) is 6.92 Å². The van der Waals surface area contributed by atoms with Crippen LogP contribution < -0.4 is 5.32 Å². The van der Waals surface area contributed by atoms with Crippen LogP contribution in [0.4, 0.5) is 13.2 Å². The SMILES string of the molecule is CCNC(=NCCCOCC(F)(F)F)N1CCC(C)(C)C1. The van der Waals surface area contributed by atoms with E-state index in [9.17, 15) is 13.2 Å². The van der Waals surface area contributed by atoms with Crippen LogP contribution in [0.15, 0.2) is 4.99 Å². The highest BCUT2D eigenvalue weighted by atomic mass is 19.4. The van der Waals surface area contributed by atoms with Gasteiger partial charge in [0.2, 0.25) is 0 Å². The Labute approximate surface area is 124 Å². The number of ether oxygens (including phenoxy) is 1. The van der Waals surface area contributed by atoms with E-state index >= 15 is 0 Å². The van der Waals surface area contributed by atoms with Gasteiger partial charge in [0.1, 0.15) is 6.61 Å².